The van der Waals surface area contributed by atoms with Gasteiger partial charge in [-0.1, -0.05) is 11.3 Å². The molecule has 1 fully saturated rings. The van der Waals surface area contributed by atoms with E-state index in [4.69, 9.17) is 4.42 Å². The highest BCUT2D eigenvalue weighted by Gasteiger charge is 2.34. The fraction of sp³-hybridized carbons (Fsp3) is 0.176. The van der Waals surface area contributed by atoms with Crippen LogP contribution in [0, 0.1) is 5.92 Å². The van der Waals surface area contributed by atoms with Crippen LogP contribution in [0.5, 0.6) is 0 Å². The van der Waals surface area contributed by atoms with E-state index in [-0.39, 0.29) is 17.6 Å². The van der Waals surface area contributed by atoms with E-state index in [1.165, 1.54) is 17.6 Å². The SMILES string of the molecule is O=C(Nc1nc(-c2ccco2)c(C(=O)C2CC2)s1)c1ccncc1. The standard InChI is InChI=1S/C17H13N3O3S/c21-14(10-3-4-10)15-13(12-2-1-9-23-12)19-17(24-15)20-16(22)11-5-7-18-8-6-11/h1-2,5-10H,3-4H2,(H,19,20,22). The number of ketones is 1. The van der Waals surface area contributed by atoms with Crippen molar-refractivity contribution in [3.8, 4) is 11.5 Å². The van der Waals surface area contributed by atoms with Gasteiger partial charge in [-0.2, -0.15) is 0 Å². The number of carbonyl (C=O) groups is 2. The zero-order valence-electron chi connectivity index (χ0n) is 12.6. The minimum atomic E-state index is -0.289. The Bertz CT molecular complexity index is 883. The largest absolute Gasteiger partial charge is 0.463 e. The van der Waals surface area contributed by atoms with Gasteiger partial charge in [0.1, 0.15) is 10.6 Å². The number of nitrogens with one attached hydrogen (secondary N) is 1. The van der Waals surface area contributed by atoms with Crippen molar-refractivity contribution in [3.63, 3.8) is 0 Å². The maximum absolute atomic E-state index is 12.5. The minimum Gasteiger partial charge on any atom is -0.463 e. The summed E-state index contributed by atoms with van der Waals surface area (Å²) in [5.41, 5.74) is 0.974. The fourth-order valence-electron chi connectivity index (χ4n) is 2.32. The summed E-state index contributed by atoms with van der Waals surface area (Å²) >= 11 is 1.19. The van der Waals surface area contributed by atoms with Crippen molar-refractivity contribution in [2.75, 3.05) is 5.32 Å². The molecule has 0 atom stereocenters. The van der Waals surface area contributed by atoms with Crippen molar-refractivity contribution in [3.05, 3.63) is 53.4 Å². The summed E-state index contributed by atoms with van der Waals surface area (Å²) in [7, 11) is 0. The highest BCUT2D eigenvalue weighted by molar-refractivity contribution is 7.18. The molecule has 3 aromatic heterocycles. The number of thiazole rings is 1. The summed E-state index contributed by atoms with van der Waals surface area (Å²) in [6, 6.07) is 6.74. The molecule has 1 aliphatic carbocycles. The van der Waals surface area contributed by atoms with E-state index in [2.05, 4.69) is 15.3 Å². The lowest BCUT2D eigenvalue weighted by Crippen LogP contribution is -2.11. The third-order valence-corrected chi connectivity index (χ3v) is 4.70. The second-order valence-electron chi connectivity index (χ2n) is 5.50. The third-order valence-electron chi connectivity index (χ3n) is 3.72. The number of hydrogen-bond acceptors (Lipinski definition) is 6. The van der Waals surface area contributed by atoms with E-state index < -0.39 is 0 Å². The van der Waals surface area contributed by atoms with Gasteiger partial charge in [-0.05, 0) is 37.1 Å². The lowest BCUT2D eigenvalue weighted by atomic mass is 10.2. The van der Waals surface area contributed by atoms with Crippen LogP contribution in [0.3, 0.4) is 0 Å². The van der Waals surface area contributed by atoms with Gasteiger partial charge in [0.2, 0.25) is 0 Å². The number of carbonyl (C=O) groups excluding carboxylic acids is 2. The second kappa shape index (κ2) is 6.01. The summed E-state index contributed by atoms with van der Waals surface area (Å²) in [5.74, 6) is 0.383. The predicted molar refractivity (Wildman–Crippen MR) is 89.1 cm³/mol. The first-order chi connectivity index (χ1) is 11.7. The molecule has 120 valence electrons. The van der Waals surface area contributed by atoms with Gasteiger partial charge in [-0.25, -0.2) is 4.98 Å². The molecule has 4 rings (SSSR count). The molecule has 0 unspecified atom stereocenters. The van der Waals surface area contributed by atoms with Gasteiger partial charge in [0, 0.05) is 23.9 Å². The second-order valence-corrected chi connectivity index (χ2v) is 6.50. The normalized spacial score (nSPS) is 13.7. The van der Waals surface area contributed by atoms with Crippen LogP contribution in [0.4, 0.5) is 5.13 Å². The molecule has 1 saturated carbocycles. The summed E-state index contributed by atoms with van der Waals surface area (Å²) in [4.78, 5) is 33.6. The maximum Gasteiger partial charge on any atom is 0.257 e. The van der Waals surface area contributed by atoms with Crippen LogP contribution >= 0.6 is 11.3 Å². The minimum absolute atomic E-state index is 0.0721. The van der Waals surface area contributed by atoms with Crippen LogP contribution in [0.2, 0.25) is 0 Å². The summed E-state index contributed by atoms with van der Waals surface area (Å²) in [6.45, 7) is 0. The molecular weight excluding hydrogens is 326 g/mol. The maximum atomic E-state index is 12.5. The molecule has 3 heterocycles. The predicted octanol–water partition coefficient (Wildman–Crippen LogP) is 3.64. The summed E-state index contributed by atoms with van der Waals surface area (Å²) in [5, 5.41) is 3.12. The van der Waals surface area contributed by atoms with E-state index in [1.807, 2.05) is 0 Å². The molecule has 0 radical (unpaired) electrons. The number of aromatic nitrogens is 2. The zero-order valence-corrected chi connectivity index (χ0v) is 13.4. The Balaban J connectivity index is 1.65. The van der Waals surface area contributed by atoms with Crippen molar-refractivity contribution in [1.82, 2.24) is 9.97 Å². The Morgan fingerprint density at radius 2 is 2.00 bits per heavy atom. The Morgan fingerprint density at radius 3 is 2.67 bits per heavy atom. The third kappa shape index (κ3) is 2.85. The first-order valence-electron chi connectivity index (χ1n) is 7.52. The number of furan rings is 1. The van der Waals surface area contributed by atoms with E-state index in [9.17, 15) is 9.59 Å². The Morgan fingerprint density at radius 1 is 1.21 bits per heavy atom. The number of rotatable bonds is 5. The number of Topliss-reactive ketones (excluding diaryl/α,β-unsaturated/α-hetero) is 1. The van der Waals surface area contributed by atoms with E-state index >= 15 is 0 Å². The molecular formula is C17H13N3O3S. The van der Waals surface area contributed by atoms with Crippen molar-refractivity contribution in [2.45, 2.75) is 12.8 Å². The van der Waals surface area contributed by atoms with Gasteiger partial charge in [-0.3, -0.25) is 19.9 Å². The number of pyridine rings is 1. The van der Waals surface area contributed by atoms with Crippen LogP contribution < -0.4 is 5.32 Å². The zero-order chi connectivity index (χ0) is 16.5. The monoisotopic (exact) mass is 339 g/mol. The molecule has 0 bridgehead atoms. The van der Waals surface area contributed by atoms with Gasteiger partial charge >= 0.3 is 0 Å². The molecule has 24 heavy (non-hydrogen) atoms. The number of hydrogen-bond donors (Lipinski definition) is 1. The van der Waals surface area contributed by atoms with Gasteiger partial charge in [0.15, 0.2) is 16.7 Å². The van der Waals surface area contributed by atoms with Gasteiger partial charge in [0.05, 0.1) is 6.26 Å². The van der Waals surface area contributed by atoms with Crippen LogP contribution in [-0.2, 0) is 0 Å². The smallest absolute Gasteiger partial charge is 0.257 e. The first-order valence-corrected chi connectivity index (χ1v) is 8.34. The molecule has 0 aliphatic heterocycles. The lowest BCUT2D eigenvalue weighted by Gasteiger charge is -2.00. The average molecular weight is 339 g/mol. The van der Waals surface area contributed by atoms with Crippen LogP contribution in [0.1, 0.15) is 32.9 Å². The van der Waals surface area contributed by atoms with Crippen LogP contribution in [-0.4, -0.2) is 21.7 Å². The molecule has 0 saturated heterocycles. The summed E-state index contributed by atoms with van der Waals surface area (Å²) in [6.07, 6.45) is 6.45. The van der Waals surface area contributed by atoms with E-state index in [0.29, 0.717) is 27.0 Å². The Hall–Kier alpha value is -2.80. The molecule has 0 spiro atoms. The number of nitrogens with zero attached hydrogens (tertiary/aromatic N) is 2. The summed E-state index contributed by atoms with van der Waals surface area (Å²) < 4.78 is 5.38. The Kier molecular flexibility index (Phi) is 3.70. The molecule has 3 aromatic rings. The number of anilines is 1. The van der Waals surface area contributed by atoms with Crippen LogP contribution in [0.25, 0.3) is 11.5 Å². The number of amides is 1. The van der Waals surface area contributed by atoms with Gasteiger partial charge < -0.3 is 4.42 Å². The van der Waals surface area contributed by atoms with Gasteiger partial charge in [0.25, 0.3) is 5.91 Å². The first kappa shape index (κ1) is 14.8. The molecule has 6 nitrogen and oxygen atoms in total. The molecule has 1 aliphatic rings. The topological polar surface area (TPSA) is 85.1 Å². The lowest BCUT2D eigenvalue weighted by molar-refractivity contribution is 0.0970. The van der Waals surface area contributed by atoms with E-state index in [1.54, 1.807) is 36.7 Å². The highest BCUT2D eigenvalue weighted by atomic mass is 32.1. The van der Waals surface area contributed by atoms with Crippen LogP contribution in [0.15, 0.2) is 47.3 Å². The quantitative estimate of drug-likeness (QED) is 0.717. The van der Waals surface area contributed by atoms with Gasteiger partial charge in [-0.15, -0.1) is 0 Å². The average Bonchev–Trinajstić information content (AvgIpc) is 3.15. The van der Waals surface area contributed by atoms with E-state index in [0.717, 1.165) is 12.8 Å². The molecule has 0 aromatic carbocycles. The van der Waals surface area contributed by atoms with Crippen molar-refractivity contribution >= 4 is 28.2 Å². The fourth-order valence-corrected chi connectivity index (χ4v) is 3.31. The van der Waals surface area contributed by atoms with Crippen molar-refractivity contribution < 1.29 is 14.0 Å². The van der Waals surface area contributed by atoms with Crippen molar-refractivity contribution in [2.24, 2.45) is 5.92 Å². The molecule has 1 amide bonds. The molecule has 1 N–H and O–H groups in total. The molecule has 7 heteroatoms. The Labute approximate surface area is 141 Å². The highest BCUT2D eigenvalue weighted by Crippen LogP contribution is 2.39. The van der Waals surface area contributed by atoms with Crippen molar-refractivity contribution in [1.29, 1.82) is 0 Å².